The van der Waals surface area contributed by atoms with Gasteiger partial charge in [-0.25, -0.2) is 14.4 Å². The first-order chi connectivity index (χ1) is 14.2. The van der Waals surface area contributed by atoms with E-state index in [0.717, 1.165) is 5.56 Å². The van der Waals surface area contributed by atoms with Gasteiger partial charge in [-0.3, -0.25) is 9.69 Å². The number of nitrogens with one attached hydrogen (secondary N) is 1. The topological polar surface area (TPSA) is 93.4 Å². The molecule has 3 N–H and O–H groups in total. The van der Waals surface area contributed by atoms with E-state index in [1.807, 2.05) is 0 Å². The zero-order valence-corrected chi connectivity index (χ0v) is 17.1. The van der Waals surface area contributed by atoms with E-state index in [1.54, 1.807) is 12.1 Å². The fourth-order valence-corrected chi connectivity index (χ4v) is 3.57. The number of nitrogen functional groups attached to an aromatic ring is 1. The van der Waals surface area contributed by atoms with Gasteiger partial charge in [-0.15, -0.1) is 0 Å². The molecule has 1 amide bonds. The molecule has 0 radical (unpaired) electrons. The molecule has 1 unspecified atom stereocenters. The van der Waals surface area contributed by atoms with E-state index in [1.165, 1.54) is 12.1 Å². The van der Waals surface area contributed by atoms with Crippen LogP contribution in [0.5, 0.6) is 0 Å². The van der Waals surface area contributed by atoms with Gasteiger partial charge in [0, 0.05) is 19.6 Å². The lowest BCUT2D eigenvalue weighted by Crippen LogP contribution is -2.44. The van der Waals surface area contributed by atoms with Crippen LogP contribution in [0.2, 0.25) is 0 Å². The molecule has 30 heavy (non-hydrogen) atoms. The monoisotopic (exact) mass is 491 g/mol. The van der Waals surface area contributed by atoms with Crippen LogP contribution < -0.4 is 11.1 Å². The summed E-state index contributed by atoms with van der Waals surface area (Å²) in [4.78, 5) is 21.5. The third-order valence-corrected chi connectivity index (χ3v) is 5.11. The number of rotatable bonds is 5. The second-order valence-corrected chi connectivity index (χ2v) is 7.27. The first-order valence-corrected chi connectivity index (χ1v) is 9.71. The van der Waals surface area contributed by atoms with Crippen LogP contribution in [0.25, 0.3) is 0 Å². The lowest BCUT2D eigenvalue weighted by Gasteiger charge is -2.35. The molecule has 1 saturated heterocycles. The summed E-state index contributed by atoms with van der Waals surface area (Å²) in [6.45, 7) is 2.33. The number of aromatic nitrogens is 2. The van der Waals surface area contributed by atoms with Crippen molar-refractivity contribution in [3.8, 4) is 0 Å². The van der Waals surface area contributed by atoms with Crippen molar-refractivity contribution in [1.29, 1.82) is 0 Å². The molecule has 12 heteroatoms. The van der Waals surface area contributed by atoms with Crippen LogP contribution in [-0.2, 0) is 10.9 Å². The molecule has 1 atom stereocenters. The van der Waals surface area contributed by atoms with Crippen LogP contribution >= 0.6 is 15.9 Å². The molecule has 1 aliphatic rings. The van der Waals surface area contributed by atoms with Crippen molar-refractivity contribution in [3.05, 3.63) is 51.6 Å². The Hall–Kier alpha value is -2.31. The SMILES string of the molecule is Nc1nc(C(F)(F)F)c(Br)nc1C(=O)NCC(c1ccc(F)cc1)N1CCOCC1. The molecular formula is C18H18BrF4N5O2. The molecule has 2 heterocycles. The number of benzene rings is 1. The fourth-order valence-electron chi connectivity index (χ4n) is 3.08. The number of carbonyl (C=O) groups is 1. The first-order valence-electron chi connectivity index (χ1n) is 8.92. The highest BCUT2D eigenvalue weighted by molar-refractivity contribution is 9.10. The van der Waals surface area contributed by atoms with Crippen molar-refractivity contribution in [1.82, 2.24) is 20.2 Å². The minimum atomic E-state index is -4.76. The molecule has 0 bridgehead atoms. The van der Waals surface area contributed by atoms with Crippen LogP contribution in [-0.4, -0.2) is 53.6 Å². The van der Waals surface area contributed by atoms with E-state index in [0.29, 0.717) is 26.3 Å². The Balaban J connectivity index is 1.79. The normalized spacial score (nSPS) is 16.3. The van der Waals surface area contributed by atoms with Crippen LogP contribution in [0.1, 0.15) is 27.8 Å². The summed E-state index contributed by atoms with van der Waals surface area (Å²) in [6.07, 6.45) is -4.76. The Labute approximate surface area is 177 Å². The number of nitrogens with zero attached hydrogens (tertiary/aromatic N) is 3. The highest BCUT2D eigenvalue weighted by Gasteiger charge is 2.37. The summed E-state index contributed by atoms with van der Waals surface area (Å²) >= 11 is 2.68. The second-order valence-electron chi connectivity index (χ2n) is 6.52. The molecule has 7 nitrogen and oxygen atoms in total. The average molecular weight is 492 g/mol. The van der Waals surface area contributed by atoms with Gasteiger partial charge in [0.15, 0.2) is 17.2 Å². The van der Waals surface area contributed by atoms with Crippen LogP contribution in [0.3, 0.4) is 0 Å². The maximum absolute atomic E-state index is 13.3. The predicted octanol–water partition coefficient (Wildman–Crippen LogP) is 2.78. The molecule has 0 spiro atoms. The van der Waals surface area contributed by atoms with E-state index < -0.39 is 33.9 Å². The summed E-state index contributed by atoms with van der Waals surface area (Å²) in [7, 11) is 0. The van der Waals surface area contributed by atoms with Gasteiger partial charge in [0.25, 0.3) is 5.91 Å². The minimum absolute atomic E-state index is 0.101. The van der Waals surface area contributed by atoms with E-state index in [4.69, 9.17) is 10.5 Å². The molecule has 162 valence electrons. The molecule has 1 aliphatic heterocycles. The maximum atomic E-state index is 13.3. The van der Waals surface area contributed by atoms with Crippen molar-refractivity contribution in [2.45, 2.75) is 12.2 Å². The number of morpholine rings is 1. The highest BCUT2D eigenvalue weighted by atomic mass is 79.9. The van der Waals surface area contributed by atoms with Crippen LogP contribution in [0.15, 0.2) is 28.9 Å². The third-order valence-electron chi connectivity index (χ3n) is 4.56. The van der Waals surface area contributed by atoms with Crippen molar-refractivity contribution in [2.24, 2.45) is 0 Å². The summed E-state index contributed by atoms with van der Waals surface area (Å²) in [5.74, 6) is -1.79. The van der Waals surface area contributed by atoms with Gasteiger partial charge < -0.3 is 15.8 Å². The first kappa shape index (κ1) is 22.4. The molecule has 1 aromatic carbocycles. The fraction of sp³-hybridized carbons (Fsp3) is 0.389. The quantitative estimate of drug-likeness (QED) is 0.624. The van der Waals surface area contributed by atoms with Crippen molar-refractivity contribution < 1.29 is 27.1 Å². The predicted molar refractivity (Wildman–Crippen MR) is 103 cm³/mol. The third kappa shape index (κ3) is 5.24. The van der Waals surface area contributed by atoms with E-state index >= 15 is 0 Å². The Bertz CT molecular complexity index is 905. The van der Waals surface area contributed by atoms with Gasteiger partial charge in [-0.2, -0.15) is 13.2 Å². The number of hydrogen-bond acceptors (Lipinski definition) is 6. The van der Waals surface area contributed by atoms with Crippen LogP contribution in [0.4, 0.5) is 23.4 Å². The number of carbonyl (C=O) groups excluding carboxylic acids is 1. The molecule has 3 rings (SSSR count). The van der Waals surface area contributed by atoms with Crippen molar-refractivity contribution >= 4 is 27.7 Å². The molecule has 1 aromatic heterocycles. The number of hydrogen-bond donors (Lipinski definition) is 2. The zero-order chi connectivity index (χ0) is 21.9. The number of halogens is 5. The lowest BCUT2D eigenvalue weighted by atomic mass is 10.0. The summed E-state index contributed by atoms with van der Waals surface area (Å²) < 4.78 is 56.7. The largest absolute Gasteiger partial charge is 0.436 e. The maximum Gasteiger partial charge on any atom is 0.436 e. The minimum Gasteiger partial charge on any atom is -0.382 e. The van der Waals surface area contributed by atoms with E-state index in [-0.39, 0.29) is 18.4 Å². The van der Waals surface area contributed by atoms with Crippen molar-refractivity contribution in [2.75, 3.05) is 38.6 Å². The summed E-state index contributed by atoms with van der Waals surface area (Å²) in [5, 5.41) is 2.64. The number of alkyl halides is 3. The van der Waals surface area contributed by atoms with E-state index in [2.05, 4.69) is 36.1 Å². The highest BCUT2D eigenvalue weighted by Crippen LogP contribution is 2.33. The number of anilines is 1. The van der Waals surface area contributed by atoms with Gasteiger partial charge in [-0.1, -0.05) is 12.1 Å². The van der Waals surface area contributed by atoms with E-state index in [9.17, 15) is 22.4 Å². The molecule has 2 aromatic rings. The Kier molecular flexibility index (Phi) is 6.88. The standard InChI is InChI=1S/C18H18BrF4N5O2/c19-15-14(18(21,22)23)27-16(24)13(26-15)17(29)25-9-12(28-5-7-30-8-6-28)10-1-3-11(20)4-2-10/h1-4,12H,5-9H2,(H2,24,27)(H,25,29). The Morgan fingerprint density at radius 3 is 2.47 bits per heavy atom. The Morgan fingerprint density at radius 2 is 1.87 bits per heavy atom. The average Bonchev–Trinajstić information content (AvgIpc) is 2.70. The number of amides is 1. The smallest absolute Gasteiger partial charge is 0.382 e. The number of nitrogens with two attached hydrogens (primary N) is 1. The molecule has 0 aliphatic carbocycles. The van der Waals surface area contributed by atoms with Gasteiger partial charge in [0.1, 0.15) is 10.4 Å². The molecule has 0 saturated carbocycles. The zero-order valence-electron chi connectivity index (χ0n) is 15.5. The lowest BCUT2D eigenvalue weighted by molar-refractivity contribution is -0.142. The Morgan fingerprint density at radius 1 is 1.23 bits per heavy atom. The summed E-state index contributed by atoms with van der Waals surface area (Å²) in [6, 6.07) is 5.57. The van der Waals surface area contributed by atoms with Gasteiger partial charge in [0.05, 0.1) is 19.3 Å². The van der Waals surface area contributed by atoms with Crippen LogP contribution in [0, 0.1) is 5.82 Å². The molecular weight excluding hydrogens is 474 g/mol. The van der Waals surface area contributed by atoms with Gasteiger partial charge >= 0.3 is 6.18 Å². The second kappa shape index (κ2) is 9.23. The van der Waals surface area contributed by atoms with Crippen molar-refractivity contribution in [3.63, 3.8) is 0 Å². The van der Waals surface area contributed by atoms with Gasteiger partial charge in [0.2, 0.25) is 0 Å². The van der Waals surface area contributed by atoms with Gasteiger partial charge in [-0.05, 0) is 33.6 Å². The number of ether oxygens (including phenoxy) is 1. The summed E-state index contributed by atoms with van der Waals surface area (Å²) in [5.41, 5.74) is 4.58. The molecule has 1 fully saturated rings.